The summed E-state index contributed by atoms with van der Waals surface area (Å²) < 4.78 is 6.06. The molecule has 2 aromatic heterocycles. The number of ether oxygens (including phenoxy) is 1. The quantitative estimate of drug-likeness (QED) is 0.833. The Kier molecular flexibility index (Phi) is 5.63. The molecule has 2 fully saturated rings. The Hall–Kier alpha value is -2.47. The number of aromatic nitrogens is 2. The monoisotopic (exact) mass is 366 g/mol. The van der Waals surface area contributed by atoms with E-state index in [1.807, 2.05) is 29.2 Å². The van der Waals surface area contributed by atoms with E-state index in [1.165, 1.54) is 0 Å². The predicted molar refractivity (Wildman–Crippen MR) is 103 cm³/mol. The number of pyridine rings is 2. The Morgan fingerprint density at radius 3 is 2.33 bits per heavy atom. The van der Waals surface area contributed by atoms with Crippen LogP contribution in [0.5, 0.6) is 5.75 Å². The van der Waals surface area contributed by atoms with E-state index in [-0.39, 0.29) is 12.0 Å². The summed E-state index contributed by atoms with van der Waals surface area (Å²) in [7, 11) is 0. The zero-order valence-electron chi connectivity index (χ0n) is 15.5. The van der Waals surface area contributed by atoms with Crippen LogP contribution in [0.25, 0.3) is 0 Å². The van der Waals surface area contributed by atoms with Crippen LogP contribution in [-0.4, -0.2) is 64.0 Å². The number of hydrogen-bond acceptors (Lipinski definition) is 5. The number of carbonyl (C=O) groups is 1. The summed E-state index contributed by atoms with van der Waals surface area (Å²) in [6, 6.07) is 9.90. The molecule has 0 N–H and O–H groups in total. The molecule has 6 nitrogen and oxygen atoms in total. The SMILES string of the molecule is O=C(c1ccccn1)N1CCC(N2CCC(Oc3ccncc3)CC2)CC1. The van der Waals surface area contributed by atoms with E-state index in [0.717, 1.165) is 57.6 Å². The van der Waals surface area contributed by atoms with Crippen LogP contribution in [0, 0.1) is 0 Å². The lowest BCUT2D eigenvalue weighted by Gasteiger charge is -2.41. The molecule has 1 amide bonds. The van der Waals surface area contributed by atoms with Crippen molar-refractivity contribution in [3.63, 3.8) is 0 Å². The van der Waals surface area contributed by atoms with Gasteiger partial charge in [-0.05, 0) is 49.9 Å². The Morgan fingerprint density at radius 2 is 1.67 bits per heavy atom. The molecule has 2 aliphatic heterocycles. The molecule has 6 heteroatoms. The minimum atomic E-state index is 0.0542. The molecule has 0 spiro atoms. The van der Waals surface area contributed by atoms with Crippen LogP contribution in [0.4, 0.5) is 0 Å². The Bertz CT molecular complexity index is 724. The molecule has 0 unspecified atom stereocenters. The highest BCUT2D eigenvalue weighted by Gasteiger charge is 2.30. The van der Waals surface area contributed by atoms with Gasteiger partial charge >= 0.3 is 0 Å². The average Bonchev–Trinajstić information content (AvgIpc) is 2.75. The number of rotatable bonds is 4. The molecular formula is C21H26N4O2. The van der Waals surface area contributed by atoms with Gasteiger partial charge in [0.1, 0.15) is 17.5 Å². The van der Waals surface area contributed by atoms with Crippen molar-refractivity contribution in [1.29, 1.82) is 0 Å². The highest BCUT2D eigenvalue weighted by Crippen LogP contribution is 2.24. The average molecular weight is 366 g/mol. The first-order valence-corrected chi connectivity index (χ1v) is 9.80. The second-order valence-electron chi connectivity index (χ2n) is 7.27. The standard InChI is InChI=1S/C21H26N4O2/c26-21(20-3-1-2-10-23-20)25-13-6-17(7-14-25)24-15-8-19(9-16-24)27-18-4-11-22-12-5-18/h1-5,10-12,17,19H,6-9,13-16H2. The van der Waals surface area contributed by atoms with Crippen molar-refractivity contribution >= 4 is 5.91 Å². The third-order valence-corrected chi connectivity index (χ3v) is 5.58. The van der Waals surface area contributed by atoms with Crippen molar-refractivity contribution in [2.75, 3.05) is 26.2 Å². The molecule has 2 saturated heterocycles. The molecule has 0 radical (unpaired) electrons. The fourth-order valence-electron chi connectivity index (χ4n) is 4.05. The minimum Gasteiger partial charge on any atom is -0.490 e. The summed E-state index contributed by atoms with van der Waals surface area (Å²) in [5, 5.41) is 0. The summed E-state index contributed by atoms with van der Waals surface area (Å²) in [6.07, 6.45) is 9.68. The molecule has 0 aromatic carbocycles. The van der Waals surface area contributed by atoms with E-state index in [2.05, 4.69) is 14.9 Å². The smallest absolute Gasteiger partial charge is 0.272 e. The maximum absolute atomic E-state index is 12.5. The van der Waals surface area contributed by atoms with E-state index in [0.29, 0.717) is 11.7 Å². The maximum Gasteiger partial charge on any atom is 0.272 e. The van der Waals surface area contributed by atoms with Crippen LogP contribution in [0.2, 0.25) is 0 Å². The lowest BCUT2D eigenvalue weighted by atomic mass is 9.98. The number of likely N-dealkylation sites (tertiary alicyclic amines) is 2. The molecule has 4 heterocycles. The second kappa shape index (κ2) is 8.48. The first-order chi connectivity index (χ1) is 13.3. The summed E-state index contributed by atoms with van der Waals surface area (Å²) in [5.41, 5.74) is 0.546. The van der Waals surface area contributed by atoms with Crippen LogP contribution in [0.15, 0.2) is 48.9 Å². The van der Waals surface area contributed by atoms with E-state index in [9.17, 15) is 4.79 Å². The highest BCUT2D eigenvalue weighted by molar-refractivity contribution is 5.92. The van der Waals surface area contributed by atoms with E-state index < -0.39 is 0 Å². The molecule has 0 aliphatic carbocycles. The third kappa shape index (κ3) is 4.45. The van der Waals surface area contributed by atoms with Crippen molar-refractivity contribution < 1.29 is 9.53 Å². The van der Waals surface area contributed by atoms with E-state index >= 15 is 0 Å². The molecule has 142 valence electrons. The number of hydrogen-bond donors (Lipinski definition) is 0. The minimum absolute atomic E-state index is 0.0542. The van der Waals surface area contributed by atoms with Gasteiger partial charge in [0.15, 0.2) is 0 Å². The molecular weight excluding hydrogens is 340 g/mol. The van der Waals surface area contributed by atoms with Crippen molar-refractivity contribution in [1.82, 2.24) is 19.8 Å². The molecule has 0 saturated carbocycles. The normalized spacial score (nSPS) is 19.8. The van der Waals surface area contributed by atoms with Gasteiger partial charge in [0.05, 0.1) is 0 Å². The second-order valence-corrected chi connectivity index (χ2v) is 7.27. The lowest BCUT2D eigenvalue weighted by Crippen LogP contribution is -2.50. The van der Waals surface area contributed by atoms with Crippen LogP contribution in [0.3, 0.4) is 0 Å². The zero-order valence-corrected chi connectivity index (χ0v) is 15.5. The van der Waals surface area contributed by atoms with Crippen LogP contribution < -0.4 is 4.74 Å². The predicted octanol–water partition coefficient (Wildman–Crippen LogP) is 2.62. The van der Waals surface area contributed by atoms with Gasteiger partial charge in [0, 0.05) is 50.8 Å². The zero-order chi connectivity index (χ0) is 18.5. The van der Waals surface area contributed by atoms with Crippen LogP contribution >= 0.6 is 0 Å². The van der Waals surface area contributed by atoms with Gasteiger partial charge in [-0.25, -0.2) is 0 Å². The first-order valence-electron chi connectivity index (χ1n) is 9.80. The summed E-state index contributed by atoms with van der Waals surface area (Å²) >= 11 is 0. The molecule has 2 aliphatic rings. The van der Waals surface area contributed by atoms with E-state index in [1.54, 1.807) is 24.7 Å². The van der Waals surface area contributed by atoms with Gasteiger partial charge in [0.25, 0.3) is 5.91 Å². The van der Waals surface area contributed by atoms with Gasteiger partial charge in [-0.3, -0.25) is 19.7 Å². The molecule has 0 bridgehead atoms. The fourth-order valence-corrected chi connectivity index (χ4v) is 4.05. The first kappa shape index (κ1) is 17.9. The number of carbonyl (C=O) groups excluding carboxylic acids is 1. The molecule has 0 atom stereocenters. The van der Waals surface area contributed by atoms with Crippen LogP contribution in [0.1, 0.15) is 36.2 Å². The van der Waals surface area contributed by atoms with Crippen LogP contribution in [-0.2, 0) is 0 Å². The lowest BCUT2D eigenvalue weighted by molar-refractivity contribution is 0.0422. The number of amides is 1. The maximum atomic E-state index is 12.5. The van der Waals surface area contributed by atoms with Gasteiger partial charge in [-0.15, -0.1) is 0 Å². The molecule has 2 aromatic rings. The van der Waals surface area contributed by atoms with Crippen molar-refractivity contribution in [2.24, 2.45) is 0 Å². The largest absolute Gasteiger partial charge is 0.490 e. The number of piperidine rings is 2. The van der Waals surface area contributed by atoms with Crippen molar-refractivity contribution in [3.8, 4) is 5.75 Å². The Balaban J connectivity index is 1.23. The third-order valence-electron chi connectivity index (χ3n) is 5.58. The summed E-state index contributed by atoms with van der Waals surface area (Å²) in [5.74, 6) is 0.961. The summed E-state index contributed by atoms with van der Waals surface area (Å²) in [6.45, 7) is 3.75. The van der Waals surface area contributed by atoms with Crippen molar-refractivity contribution in [3.05, 3.63) is 54.6 Å². The topological polar surface area (TPSA) is 58.6 Å². The summed E-state index contributed by atoms with van der Waals surface area (Å²) in [4.78, 5) is 25.3. The molecule has 27 heavy (non-hydrogen) atoms. The molecule has 4 rings (SSSR count). The van der Waals surface area contributed by atoms with Gasteiger partial charge < -0.3 is 9.64 Å². The van der Waals surface area contributed by atoms with Crippen molar-refractivity contribution in [2.45, 2.75) is 37.8 Å². The number of nitrogens with zero attached hydrogens (tertiary/aromatic N) is 4. The fraction of sp³-hybridized carbons (Fsp3) is 0.476. The Morgan fingerprint density at radius 1 is 0.926 bits per heavy atom. The van der Waals surface area contributed by atoms with Gasteiger partial charge in [0.2, 0.25) is 0 Å². The van der Waals surface area contributed by atoms with Gasteiger partial charge in [-0.2, -0.15) is 0 Å². The Labute approximate surface area is 160 Å². The van der Waals surface area contributed by atoms with E-state index in [4.69, 9.17) is 4.74 Å². The van der Waals surface area contributed by atoms with Gasteiger partial charge in [-0.1, -0.05) is 6.07 Å². The highest BCUT2D eigenvalue weighted by atomic mass is 16.5.